The standard InChI is InChI=1S/C45H68N8O8S2/c1-27(2)35(48-26-54)40(58)52-37(44(5,6)7)39(47-24-32(55)53-20-17-28(3)25-53)51-38(45(8,9)10)42(60)50-36(29(4)30-15-13-12-14-16-30)41(59)49-31(43-46-19-22-63-43)23-34(57)62-21-18-33(56)61-11/h12-16,19,22,26-29,31,35-38H,17-18,20-21,23-25H2,1-11H3,(H,47,51)(H,48,54)(H,49,59)(H,50,60)(H,52,58)/t28-,29+,31-,35+,36?,37?,38?/m1/s1. The minimum absolute atomic E-state index is 0.0476. The molecule has 7 atom stereocenters. The minimum atomic E-state index is -1.16. The van der Waals surface area contributed by atoms with Gasteiger partial charge in [0.2, 0.25) is 30.0 Å². The number of ether oxygens (including phenoxy) is 1. The summed E-state index contributed by atoms with van der Waals surface area (Å²) in [4.78, 5) is 104. The third-order valence-electron chi connectivity index (χ3n) is 10.8. The summed E-state index contributed by atoms with van der Waals surface area (Å²) in [5, 5.41) is 17.0. The van der Waals surface area contributed by atoms with Crippen LogP contribution in [0, 0.1) is 22.7 Å². The molecule has 3 unspecified atom stereocenters. The van der Waals surface area contributed by atoms with Crippen LogP contribution >= 0.6 is 23.1 Å². The maximum Gasteiger partial charge on any atom is 0.306 e. The summed E-state index contributed by atoms with van der Waals surface area (Å²) in [6.45, 7) is 19.7. The van der Waals surface area contributed by atoms with Crippen LogP contribution in [0.2, 0.25) is 0 Å². The van der Waals surface area contributed by atoms with Crippen molar-refractivity contribution in [2.45, 2.75) is 125 Å². The Morgan fingerprint density at radius 1 is 0.921 bits per heavy atom. The number of rotatable bonds is 21. The van der Waals surface area contributed by atoms with Crippen LogP contribution in [-0.4, -0.2) is 114 Å². The van der Waals surface area contributed by atoms with E-state index in [1.165, 1.54) is 18.4 Å². The second kappa shape index (κ2) is 24.3. The molecule has 0 saturated carbocycles. The Balaban J connectivity index is 2.06. The molecule has 2 aromatic rings. The summed E-state index contributed by atoms with van der Waals surface area (Å²) in [6, 6.07) is 4.45. The second-order valence-electron chi connectivity index (χ2n) is 18.6. The average molecular weight is 913 g/mol. The molecule has 0 radical (unpaired) electrons. The smallest absolute Gasteiger partial charge is 0.306 e. The number of nitrogens with zero attached hydrogens (tertiary/aromatic N) is 3. The quantitative estimate of drug-likeness (QED) is 0.0513. The van der Waals surface area contributed by atoms with Gasteiger partial charge in [0.1, 0.15) is 35.5 Å². The van der Waals surface area contributed by atoms with Gasteiger partial charge in [-0.3, -0.25) is 38.6 Å². The van der Waals surface area contributed by atoms with Gasteiger partial charge in [0, 0.05) is 42.8 Å². The first kappa shape index (κ1) is 52.5. The lowest BCUT2D eigenvalue weighted by molar-refractivity contribution is -0.140. The lowest BCUT2D eigenvalue weighted by Gasteiger charge is -2.39. The van der Waals surface area contributed by atoms with E-state index < -0.39 is 70.6 Å². The zero-order valence-electron chi connectivity index (χ0n) is 38.6. The Labute approximate surface area is 380 Å². The van der Waals surface area contributed by atoms with Crippen molar-refractivity contribution >= 4 is 70.1 Å². The number of carbonyl (C=O) groups is 7. The number of aromatic nitrogens is 1. The molecule has 0 aliphatic carbocycles. The van der Waals surface area contributed by atoms with Gasteiger partial charge in [0.25, 0.3) is 0 Å². The fourth-order valence-corrected chi connectivity index (χ4v) is 8.55. The summed E-state index contributed by atoms with van der Waals surface area (Å²) in [7, 11) is 1.28. The van der Waals surface area contributed by atoms with Crippen LogP contribution in [0.25, 0.3) is 0 Å². The van der Waals surface area contributed by atoms with Gasteiger partial charge in [-0.2, -0.15) is 0 Å². The number of amides is 5. The molecule has 16 nitrogen and oxygen atoms in total. The first-order chi connectivity index (χ1) is 29.6. The topological polar surface area (TPSA) is 217 Å². The number of esters is 1. The van der Waals surface area contributed by atoms with Gasteiger partial charge in [0.05, 0.1) is 25.6 Å². The Hall–Kier alpha value is -4.84. The van der Waals surface area contributed by atoms with Gasteiger partial charge in [-0.25, -0.2) is 4.98 Å². The largest absolute Gasteiger partial charge is 0.469 e. The van der Waals surface area contributed by atoms with Crippen molar-refractivity contribution in [1.29, 1.82) is 0 Å². The fraction of sp³-hybridized carbons (Fsp3) is 0.622. The van der Waals surface area contributed by atoms with Gasteiger partial charge in [-0.15, -0.1) is 11.3 Å². The van der Waals surface area contributed by atoms with Gasteiger partial charge >= 0.3 is 5.97 Å². The Bertz CT molecular complexity index is 1880. The maximum atomic E-state index is 14.9. The van der Waals surface area contributed by atoms with Crippen molar-refractivity contribution in [3.63, 3.8) is 0 Å². The second-order valence-corrected chi connectivity index (χ2v) is 20.6. The first-order valence-electron chi connectivity index (χ1n) is 21.4. The van der Waals surface area contributed by atoms with Crippen LogP contribution in [0.4, 0.5) is 0 Å². The van der Waals surface area contributed by atoms with Crippen molar-refractivity contribution in [2.24, 2.45) is 27.7 Å². The van der Waals surface area contributed by atoms with Crippen molar-refractivity contribution < 1.29 is 38.3 Å². The zero-order valence-corrected chi connectivity index (χ0v) is 40.2. The van der Waals surface area contributed by atoms with E-state index in [-0.39, 0.29) is 47.9 Å². The van der Waals surface area contributed by atoms with E-state index in [1.807, 2.05) is 92.6 Å². The van der Waals surface area contributed by atoms with Gasteiger partial charge in [-0.05, 0) is 34.7 Å². The number of carbonyl (C=O) groups excluding carboxylic acids is 7. The van der Waals surface area contributed by atoms with E-state index in [4.69, 9.17) is 9.73 Å². The third-order valence-corrected chi connectivity index (χ3v) is 12.6. The molecule has 1 fully saturated rings. The number of hydrogen-bond donors (Lipinski definition) is 5. The maximum absolute atomic E-state index is 14.9. The summed E-state index contributed by atoms with van der Waals surface area (Å²) >= 11 is 2.23. The fourth-order valence-electron chi connectivity index (χ4n) is 7.08. The SMILES string of the molecule is COC(=O)CCSC(=O)C[C@@H](NC(=O)C(NC(=O)C(NC(=NCC(=O)N1CC[C@@H](C)C1)C(NC(=O)[C@@H](NC=O)C(C)C)C(C)(C)C)C(C)(C)C)[C@@H](C)c1ccccc1)c1nccs1. The molecule has 1 aliphatic heterocycles. The monoisotopic (exact) mass is 912 g/mol. The van der Waals surface area contributed by atoms with Crippen LogP contribution in [0.3, 0.4) is 0 Å². The van der Waals surface area contributed by atoms with Crippen LogP contribution in [0.1, 0.15) is 111 Å². The van der Waals surface area contributed by atoms with E-state index in [1.54, 1.807) is 16.5 Å². The predicted molar refractivity (Wildman–Crippen MR) is 247 cm³/mol. The molecule has 0 bridgehead atoms. The predicted octanol–water partition coefficient (Wildman–Crippen LogP) is 4.37. The number of benzene rings is 1. The van der Waals surface area contributed by atoms with Crippen LogP contribution in [-0.2, 0) is 38.3 Å². The molecule has 3 rings (SSSR count). The Morgan fingerprint density at radius 3 is 2.11 bits per heavy atom. The van der Waals surface area contributed by atoms with E-state index >= 15 is 0 Å². The molecular weight excluding hydrogens is 845 g/mol. The highest BCUT2D eigenvalue weighted by atomic mass is 32.2. The summed E-state index contributed by atoms with van der Waals surface area (Å²) in [5.74, 6) is -2.29. The molecule has 1 saturated heterocycles. The molecule has 348 valence electrons. The number of thiazole rings is 1. The van der Waals surface area contributed by atoms with Crippen molar-refractivity contribution in [3.8, 4) is 0 Å². The molecule has 0 spiro atoms. The molecule has 2 heterocycles. The van der Waals surface area contributed by atoms with Gasteiger partial charge in [-0.1, -0.05) is 111 Å². The number of methoxy groups -OCH3 is 1. The number of hydrogen-bond acceptors (Lipinski definition) is 12. The normalized spacial score (nSPS) is 17.4. The molecular formula is C45H68N8O8S2. The summed E-state index contributed by atoms with van der Waals surface area (Å²) in [6.07, 6.45) is 2.86. The minimum Gasteiger partial charge on any atom is -0.469 e. The van der Waals surface area contributed by atoms with Crippen LogP contribution < -0.4 is 26.6 Å². The summed E-state index contributed by atoms with van der Waals surface area (Å²) in [5.41, 5.74) is -0.785. The highest BCUT2D eigenvalue weighted by molar-refractivity contribution is 8.13. The average Bonchev–Trinajstić information content (AvgIpc) is 3.92. The molecule has 63 heavy (non-hydrogen) atoms. The van der Waals surface area contributed by atoms with Crippen molar-refractivity contribution in [3.05, 3.63) is 52.5 Å². The lowest BCUT2D eigenvalue weighted by Crippen LogP contribution is -2.64. The lowest BCUT2D eigenvalue weighted by atomic mass is 9.82. The van der Waals surface area contributed by atoms with E-state index in [0.29, 0.717) is 30.4 Å². The number of aliphatic imine (C=N–C) groups is 1. The van der Waals surface area contributed by atoms with E-state index in [0.717, 1.165) is 23.7 Å². The number of amidine groups is 1. The Morgan fingerprint density at radius 2 is 1.57 bits per heavy atom. The first-order valence-corrected chi connectivity index (χ1v) is 23.3. The molecule has 18 heteroatoms. The van der Waals surface area contributed by atoms with Crippen LogP contribution in [0.5, 0.6) is 0 Å². The van der Waals surface area contributed by atoms with E-state index in [2.05, 4.69) is 38.5 Å². The third kappa shape index (κ3) is 16.3. The zero-order chi connectivity index (χ0) is 47.1. The molecule has 1 aromatic carbocycles. The van der Waals surface area contributed by atoms with Gasteiger partial charge < -0.3 is 36.2 Å². The number of likely N-dealkylation sites (tertiary alicyclic amines) is 1. The van der Waals surface area contributed by atoms with Gasteiger partial charge in [0.15, 0.2) is 5.12 Å². The molecule has 5 amide bonds. The highest BCUT2D eigenvalue weighted by Gasteiger charge is 2.41. The number of nitrogens with one attached hydrogen (secondary N) is 5. The molecule has 1 aliphatic rings. The van der Waals surface area contributed by atoms with E-state index in [9.17, 15) is 33.6 Å². The Kier molecular flexibility index (Phi) is 20.2. The highest BCUT2D eigenvalue weighted by Crippen LogP contribution is 2.28. The number of thioether (sulfide) groups is 1. The molecule has 1 aromatic heterocycles. The van der Waals surface area contributed by atoms with Crippen molar-refractivity contribution in [1.82, 2.24) is 36.5 Å². The molecule has 5 N–H and O–H groups in total. The van der Waals surface area contributed by atoms with Crippen LogP contribution in [0.15, 0.2) is 46.9 Å². The summed E-state index contributed by atoms with van der Waals surface area (Å²) < 4.78 is 4.69. The van der Waals surface area contributed by atoms with Crippen molar-refractivity contribution in [2.75, 3.05) is 32.5 Å².